The molecule has 1 aliphatic carbocycles. The van der Waals surface area contributed by atoms with Gasteiger partial charge in [-0.25, -0.2) is 4.79 Å². The minimum absolute atomic E-state index is 0.0934. The average Bonchev–Trinajstić information content (AvgIpc) is 3.21. The molecule has 2 atom stereocenters. The number of hydrogen-bond donors (Lipinski definition) is 1. The van der Waals surface area contributed by atoms with Gasteiger partial charge in [0.25, 0.3) is 0 Å². The Balaban J connectivity index is 1.31. The van der Waals surface area contributed by atoms with E-state index in [0.717, 1.165) is 18.4 Å². The third-order valence-electron chi connectivity index (χ3n) is 6.34. The lowest BCUT2D eigenvalue weighted by molar-refractivity contribution is -0.274. The fraction of sp³-hybridized carbons (Fsp3) is 0.520. The van der Waals surface area contributed by atoms with E-state index >= 15 is 0 Å². The standard InChI is InChI=1S/C25H28F3N7O5/c1-24(2,3)40-23(37)34-12-15(10-16(34)13-35-29-8-9-30-35)31-20(36)22-33-32-21(38-22)19-11-17(39-25(26,27)28)6-7-18(19)14-4-5-14/h6-9,11,14-16H,4-5,10,12-13H2,1-3H3,(H,31,36). The van der Waals surface area contributed by atoms with Crippen LogP contribution >= 0.6 is 0 Å². The number of nitrogens with one attached hydrogen (secondary N) is 1. The third kappa shape index (κ3) is 6.69. The molecule has 2 unspecified atom stereocenters. The number of carbonyl (C=O) groups excluding carboxylic acids is 2. The lowest BCUT2D eigenvalue weighted by atomic mass is 10.0. The first-order chi connectivity index (χ1) is 18.8. The molecule has 3 aromatic rings. The van der Waals surface area contributed by atoms with Crippen molar-refractivity contribution in [3.05, 3.63) is 42.0 Å². The summed E-state index contributed by atoms with van der Waals surface area (Å²) >= 11 is 0. The highest BCUT2D eigenvalue weighted by atomic mass is 19.4. The molecule has 2 aromatic heterocycles. The topological polar surface area (TPSA) is 138 Å². The quantitative estimate of drug-likeness (QED) is 0.453. The number of amides is 2. The molecule has 0 spiro atoms. The molecule has 0 radical (unpaired) electrons. The number of alkyl halides is 3. The number of nitrogens with zero attached hydrogens (tertiary/aromatic N) is 6. The van der Waals surface area contributed by atoms with Gasteiger partial charge >= 0.3 is 24.3 Å². The minimum Gasteiger partial charge on any atom is -0.444 e. The summed E-state index contributed by atoms with van der Waals surface area (Å²) in [6.07, 6.45) is -0.209. The van der Waals surface area contributed by atoms with E-state index in [1.807, 2.05) is 0 Å². The van der Waals surface area contributed by atoms with E-state index in [0.29, 0.717) is 13.0 Å². The molecule has 2 amide bonds. The van der Waals surface area contributed by atoms with Crippen LogP contribution in [0.5, 0.6) is 5.75 Å². The van der Waals surface area contributed by atoms with Gasteiger partial charge in [0.15, 0.2) is 0 Å². The summed E-state index contributed by atoms with van der Waals surface area (Å²) in [5.41, 5.74) is 0.304. The van der Waals surface area contributed by atoms with Crippen molar-refractivity contribution in [2.45, 2.75) is 76.5 Å². The smallest absolute Gasteiger partial charge is 0.444 e. The van der Waals surface area contributed by atoms with Crippen molar-refractivity contribution in [3.8, 4) is 17.2 Å². The van der Waals surface area contributed by atoms with Gasteiger partial charge in [-0.3, -0.25) is 4.79 Å². The van der Waals surface area contributed by atoms with E-state index in [1.54, 1.807) is 20.8 Å². The number of ether oxygens (including phenoxy) is 2. The SMILES string of the molecule is CC(C)(C)OC(=O)N1CC(NC(=O)c2nnc(-c3cc(OC(F)(F)F)ccc3C3CC3)o2)CC1Cn1nccn1. The lowest BCUT2D eigenvalue weighted by Gasteiger charge is -2.28. The number of hydrogen-bond acceptors (Lipinski definition) is 9. The molecule has 12 nitrogen and oxygen atoms in total. The Hall–Kier alpha value is -4.17. The number of benzene rings is 1. The molecule has 1 saturated carbocycles. The van der Waals surface area contributed by atoms with Crippen molar-refractivity contribution in [2.75, 3.05) is 6.54 Å². The summed E-state index contributed by atoms with van der Waals surface area (Å²) in [4.78, 5) is 28.9. The molecule has 3 heterocycles. The highest BCUT2D eigenvalue weighted by Crippen LogP contribution is 2.45. The molecule has 15 heteroatoms. The zero-order chi connectivity index (χ0) is 28.7. The molecule has 1 saturated heterocycles. The van der Waals surface area contributed by atoms with Gasteiger partial charge in [0, 0.05) is 18.2 Å². The lowest BCUT2D eigenvalue weighted by Crippen LogP contribution is -2.43. The molecule has 40 heavy (non-hydrogen) atoms. The predicted octanol–water partition coefficient (Wildman–Crippen LogP) is 3.91. The maximum Gasteiger partial charge on any atom is 0.573 e. The van der Waals surface area contributed by atoms with E-state index in [2.05, 4.69) is 30.4 Å². The Morgan fingerprint density at radius 2 is 1.85 bits per heavy atom. The molecule has 214 valence electrons. The minimum atomic E-state index is -4.86. The zero-order valence-corrected chi connectivity index (χ0v) is 22.0. The van der Waals surface area contributed by atoms with Gasteiger partial charge in [-0.15, -0.1) is 23.4 Å². The highest BCUT2D eigenvalue weighted by molar-refractivity contribution is 5.90. The first kappa shape index (κ1) is 27.4. The second kappa shape index (κ2) is 10.4. The van der Waals surface area contributed by atoms with Crippen LogP contribution in [0, 0.1) is 0 Å². The fourth-order valence-electron chi connectivity index (χ4n) is 4.60. The highest BCUT2D eigenvalue weighted by Gasteiger charge is 2.39. The summed E-state index contributed by atoms with van der Waals surface area (Å²) in [6, 6.07) is 3.13. The summed E-state index contributed by atoms with van der Waals surface area (Å²) in [6.45, 7) is 5.74. The summed E-state index contributed by atoms with van der Waals surface area (Å²) in [7, 11) is 0. The van der Waals surface area contributed by atoms with Crippen molar-refractivity contribution in [3.63, 3.8) is 0 Å². The van der Waals surface area contributed by atoms with E-state index < -0.39 is 35.8 Å². The third-order valence-corrected chi connectivity index (χ3v) is 6.34. The Morgan fingerprint density at radius 1 is 1.12 bits per heavy atom. The molecule has 1 N–H and O–H groups in total. The van der Waals surface area contributed by atoms with Crippen LogP contribution in [-0.2, 0) is 11.3 Å². The maximum absolute atomic E-state index is 13.0. The largest absolute Gasteiger partial charge is 0.573 e. The van der Waals surface area contributed by atoms with Crippen LogP contribution < -0.4 is 10.1 Å². The van der Waals surface area contributed by atoms with Crippen molar-refractivity contribution < 1.29 is 36.7 Å². The van der Waals surface area contributed by atoms with Crippen molar-refractivity contribution in [2.24, 2.45) is 0 Å². The van der Waals surface area contributed by atoms with Gasteiger partial charge in [-0.1, -0.05) is 6.07 Å². The number of carbonyl (C=O) groups is 2. The van der Waals surface area contributed by atoms with Crippen LogP contribution in [0.25, 0.3) is 11.5 Å². The van der Waals surface area contributed by atoms with Crippen molar-refractivity contribution in [1.29, 1.82) is 0 Å². The number of aromatic nitrogens is 5. The van der Waals surface area contributed by atoms with Gasteiger partial charge < -0.3 is 24.1 Å². The Kier molecular flexibility index (Phi) is 7.14. The van der Waals surface area contributed by atoms with Gasteiger partial charge in [-0.05, 0) is 63.6 Å². The summed E-state index contributed by atoms with van der Waals surface area (Å²) < 4.78 is 53.5. The average molecular weight is 564 g/mol. The van der Waals surface area contributed by atoms with Crippen molar-refractivity contribution >= 4 is 12.0 Å². The summed E-state index contributed by atoms with van der Waals surface area (Å²) in [5.74, 6) is -1.41. The first-order valence-corrected chi connectivity index (χ1v) is 12.7. The van der Waals surface area contributed by atoms with Crippen LogP contribution in [-0.4, -0.2) is 72.7 Å². The second-order valence-electron chi connectivity index (χ2n) is 10.8. The van der Waals surface area contributed by atoms with Gasteiger partial charge in [0.2, 0.25) is 5.89 Å². The molecule has 5 rings (SSSR count). The van der Waals surface area contributed by atoms with Gasteiger partial charge in [-0.2, -0.15) is 15.0 Å². The maximum atomic E-state index is 13.0. The number of rotatable bonds is 7. The molecule has 2 fully saturated rings. The van der Waals surface area contributed by atoms with Gasteiger partial charge in [0.1, 0.15) is 11.4 Å². The van der Waals surface area contributed by atoms with E-state index in [4.69, 9.17) is 9.15 Å². The number of likely N-dealkylation sites (tertiary alicyclic amines) is 1. The van der Waals surface area contributed by atoms with E-state index in [-0.39, 0.29) is 35.8 Å². The normalized spacial score (nSPS) is 19.5. The molecule has 0 bridgehead atoms. The first-order valence-electron chi connectivity index (χ1n) is 12.7. The van der Waals surface area contributed by atoms with Crippen LogP contribution in [0.15, 0.2) is 35.0 Å². The molecular weight excluding hydrogens is 535 g/mol. The van der Waals surface area contributed by atoms with Crippen LogP contribution in [0.4, 0.5) is 18.0 Å². The van der Waals surface area contributed by atoms with Crippen LogP contribution in [0.1, 0.15) is 62.2 Å². The second-order valence-corrected chi connectivity index (χ2v) is 10.8. The van der Waals surface area contributed by atoms with Crippen LogP contribution in [0.3, 0.4) is 0 Å². The number of halogens is 3. The van der Waals surface area contributed by atoms with E-state index in [1.165, 1.54) is 40.3 Å². The van der Waals surface area contributed by atoms with Crippen LogP contribution in [0.2, 0.25) is 0 Å². The Bertz CT molecular complexity index is 1370. The zero-order valence-electron chi connectivity index (χ0n) is 22.0. The molecule has 2 aliphatic rings. The molecule has 1 aromatic carbocycles. The van der Waals surface area contributed by atoms with E-state index in [9.17, 15) is 22.8 Å². The molecule has 1 aliphatic heterocycles. The molecular formula is C25H28F3N7O5. The summed E-state index contributed by atoms with van der Waals surface area (Å²) in [5, 5.41) is 18.7. The van der Waals surface area contributed by atoms with Gasteiger partial charge in [0.05, 0.1) is 25.0 Å². The Labute approximate surface area is 226 Å². The van der Waals surface area contributed by atoms with Crippen molar-refractivity contribution in [1.82, 2.24) is 35.4 Å². The monoisotopic (exact) mass is 563 g/mol. The predicted molar refractivity (Wildman–Crippen MR) is 131 cm³/mol. The fourth-order valence-corrected chi connectivity index (χ4v) is 4.60. The Morgan fingerprint density at radius 3 is 2.50 bits per heavy atom.